The molecule has 0 heterocycles. The third-order valence-electron chi connectivity index (χ3n) is 11.0. The summed E-state index contributed by atoms with van der Waals surface area (Å²) in [6, 6.07) is 0. The van der Waals surface area contributed by atoms with Crippen molar-refractivity contribution in [1.29, 1.82) is 0 Å². The Morgan fingerprint density at radius 3 is 0.972 bits per heavy atom. The third-order valence-corrected chi connectivity index (χ3v) is 11.0. The summed E-state index contributed by atoms with van der Waals surface area (Å²) < 4.78 is 16.7. The topological polar surface area (TPSA) is 78.9 Å². The molecule has 0 fully saturated rings. The van der Waals surface area contributed by atoms with Crippen LogP contribution in [0, 0.1) is 0 Å². The first kappa shape index (κ1) is 66.0. The quantitative estimate of drug-likeness (QED) is 0.0262. The van der Waals surface area contributed by atoms with Crippen molar-refractivity contribution in [3.63, 3.8) is 0 Å². The first-order valence-electron chi connectivity index (χ1n) is 28.0. The van der Waals surface area contributed by atoms with Gasteiger partial charge in [-0.25, -0.2) is 0 Å². The van der Waals surface area contributed by atoms with E-state index < -0.39 is 6.10 Å². The minimum absolute atomic E-state index is 0.147. The molecule has 0 aromatic heterocycles. The molecule has 0 amide bonds. The van der Waals surface area contributed by atoms with E-state index in [1.807, 2.05) is 12.2 Å². The van der Waals surface area contributed by atoms with Crippen LogP contribution in [0.4, 0.5) is 0 Å². The molecule has 0 aliphatic heterocycles. The third kappa shape index (κ3) is 55.8. The number of unbranched alkanes of at least 4 members (excludes halogenated alkanes) is 11. The van der Waals surface area contributed by atoms with Gasteiger partial charge in [0.25, 0.3) is 0 Å². The molecule has 6 nitrogen and oxygen atoms in total. The second kappa shape index (κ2) is 57.6. The van der Waals surface area contributed by atoms with Crippen molar-refractivity contribution in [2.75, 3.05) is 13.2 Å². The number of hydrogen-bond acceptors (Lipinski definition) is 6. The average molecular weight is 978 g/mol. The minimum atomic E-state index is -0.851. The van der Waals surface area contributed by atoms with E-state index in [0.29, 0.717) is 19.3 Å². The van der Waals surface area contributed by atoms with E-state index in [1.54, 1.807) is 0 Å². The molecule has 0 aromatic carbocycles. The van der Waals surface area contributed by atoms with Gasteiger partial charge in [0.2, 0.25) is 0 Å². The molecule has 0 rings (SSSR count). The van der Waals surface area contributed by atoms with Gasteiger partial charge in [-0.1, -0.05) is 217 Å². The lowest BCUT2D eigenvalue weighted by Crippen LogP contribution is -2.30. The zero-order valence-corrected chi connectivity index (χ0v) is 45.2. The number of esters is 3. The van der Waals surface area contributed by atoms with Crippen molar-refractivity contribution in [1.82, 2.24) is 0 Å². The molecule has 0 aliphatic carbocycles. The highest BCUT2D eigenvalue weighted by molar-refractivity contribution is 5.71. The minimum Gasteiger partial charge on any atom is -0.462 e. The van der Waals surface area contributed by atoms with Crippen LogP contribution in [0.5, 0.6) is 0 Å². The molecule has 0 saturated carbocycles. The lowest BCUT2D eigenvalue weighted by molar-refractivity contribution is -0.166. The van der Waals surface area contributed by atoms with E-state index in [-0.39, 0.29) is 50.4 Å². The van der Waals surface area contributed by atoms with Crippen molar-refractivity contribution in [3.05, 3.63) is 158 Å². The fourth-order valence-corrected chi connectivity index (χ4v) is 6.82. The average Bonchev–Trinajstić information content (AvgIpc) is 3.37. The molecular formula is C65H100O6. The molecule has 71 heavy (non-hydrogen) atoms. The maximum atomic E-state index is 12.8. The zero-order chi connectivity index (χ0) is 51.4. The van der Waals surface area contributed by atoms with Gasteiger partial charge in [0.1, 0.15) is 13.2 Å². The van der Waals surface area contributed by atoms with Gasteiger partial charge >= 0.3 is 17.9 Å². The molecule has 0 N–H and O–H groups in total. The van der Waals surface area contributed by atoms with Crippen LogP contribution in [-0.2, 0) is 28.6 Å². The highest BCUT2D eigenvalue weighted by Gasteiger charge is 2.19. The van der Waals surface area contributed by atoms with Crippen molar-refractivity contribution in [2.24, 2.45) is 0 Å². The van der Waals surface area contributed by atoms with Crippen molar-refractivity contribution < 1.29 is 28.6 Å². The monoisotopic (exact) mass is 977 g/mol. The molecule has 396 valence electrons. The Hall–Kier alpha value is -4.97. The molecule has 6 heteroatoms. The fraction of sp³-hybridized carbons (Fsp3) is 0.554. The molecule has 0 radical (unpaired) electrons. The zero-order valence-electron chi connectivity index (χ0n) is 45.2. The maximum absolute atomic E-state index is 12.8. The van der Waals surface area contributed by atoms with Crippen molar-refractivity contribution in [3.8, 4) is 0 Å². The van der Waals surface area contributed by atoms with Crippen LogP contribution in [0.15, 0.2) is 158 Å². The van der Waals surface area contributed by atoms with E-state index in [4.69, 9.17) is 14.2 Å². The van der Waals surface area contributed by atoms with E-state index in [2.05, 4.69) is 167 Å². The number of carbonyl (C=O) groups is 3. The molecule has 0 saturated heterocycles. The van der Waals surface area contributed by atoms with Gasteiger partial charge in [0.05, 0.1) is 0 Å². The van der Waals surface area contributed by atoms with Gasteiger partial charge in [0, 0.05) is 19.3 Å². The highest BCUT2D eigenvalue weighted by Crippen LogP contribution is 2.11. The lowest BCUT2D eigenvalue weighted by atomic mass is 10.1. The van der Waals surface area contributed by atoms with Gasteiger partial charge in [-0.3, -0.25) is 14.4 Å². The number of hydrogen-bond donors (Lipinski definition) is 0. The van der Waals surface area contributed by atoms with Gasteiger partial charge in [-0.05, 0) is 135 Å². The Labute approximate surface area is 435 Å². The molecular weight excluding hydrogens is 877 g/mol. The number of allylic oxidation sites excluding steroid dienone is 26. The summed E-state index contributed by atoms with van der Waals surface area (Å²) in [4.78, 5) is 38.1. The maximum Gasteiger partial charge on any atom is 0.306 e. The molecule has 0 aliphatic rings. The molecule has 0 unspecified atom stereocenters. The van der Waals surface area contributed by atoms with Crippen LogP contribution in [0.2, 0.25) is 0 Å². The lowest BCUT2D eigenvalue weighted by Gasteiger charge is -2.18. The smallest absolute Gasteiger partial charge is 0.306 e. The van der Waals surface area contributed by atoms with Crippen LogP contribution < -0.4 is 0 Å². The molecule has 0 aromatic rings. The van der Waals surface area contributed by atoms with Crippen molar-refractivity contribution >= 4 is 17.9 Å². The van der Waals surface area contributed by atoms with Gasteiger partial charge in [-0.2, -0.15) is 0 Å². The first-order chi connectivity index (χ1) is 35.0. The summed E-state index contributed by atoms with van der Waals surface area (Å²) in [5.74, 6) is -1.12. The Kier molecular flexibility index (Phi) is 53.6. The second-order valence-corrected chi connectivity index (χ2v) is 17.7. The van der Waals surface area contributed by atoms with Crippen LogP contribution in [0.1, 0.15) is 213 Å². The number of rotatable bonds is 48. The number of carbonyl (C=O) groups excluding carboxylic acids is 3. The summed E-state index contributed by atoms with van der Waals surface area (Å²) in [5.41, 5.74) is 0. The molecule has 1 atom stereocenters. The first-order valence-corrected chi connectivity index (χ1v) is 28.0. The summed E-state index contributed by atoms with van der Waals surface area (Å²) in [6.45, 7) is 6.31. The van der Waals surface area contributed by atoms with Gasteiger partial charge in [0.15, 0.2) is 6.10 Å². The molecule has 0 spiro atoms. The Bertz CT molecular complexity index is 1640. The highest BCUT2D eigenvalue weighted by atomic mass is 16.6. The summed E-state index contributed by atoms with van der Waals surface area (Å²) in [5, 5.41) is 0. The normalized spacial score (nSPS) is 13.3. The Morgan fingerprint density at radius 2 is 0.592 bits per heavy atom. The SMILES string of the molecule is CC/C=C\C/C=C\C/C=C\C/C=C\C/C=C\CCCC(=O)OC[C@H](COC(=O)CC/C=C\C/C=C\C/C=C\C/C=C\C/C=C\CCCCC)OC(=O)CCCCCC/C=C\C/C=C\C/C=C\CCCCC. The van der Waals surface area contributed by atoms with Crippen LogP contribution in [0.3, 0.4) is 0 Å². The van der Waals surface area contributed by atoms with Crippen molar-refractivity contribution in [2.45, 2.75) is 219 Å². The Balaban J connectivity index is 4.66. The van der Waals surface area contributed by atoms with E-state index in [0.717, 1.165) is 103 Å². The predicted molar refractivity (Wildman–Crippen MR) is 306 cm³/mol. The van der Waals surface area contributed by atoms with Gasteiger partial charge in [-0.15, -0.1) is 0 Å². The molecule has 0 bridgehead atoms. The van der Waals surface area contributed by atoms with Crippen LogP contribution in [0.25, 0.3) is 0 Å². The largest absolute Gasteiger partial charge is 0.462 e. The summed E-state index contributed by atoms with van der Waals surface area (Å²) >= 11 is 0. The standard InChI is InChI=1S/C65H100O6/c1-4-7-10-13-16-19-22-25-28-31-32-35-37-40-43-46-49-52-55-58-64(67)70-61-62(71-65(68)59-56-53-50-47-44-41-38-34-30-27-24-21-18-15-12-9-6-3)60-69-63(66)57-54-51-48-45-42-39-36-33-29-26-23-20-17-14-11-8-5-2/h8,11,16-21,25-30,32,35-36,38-41,43,45,48-49,52,62H,4-7,9-10,12-15,22-24,31,33-34,37,42,44,46-47,50-51,53-61H2,1-3H3/b11-8-,19-16-,20-17-,21-18-,28-25-,29-26-,30-27-,35-32-,39-36-,41-38-,43-40-,48-45-,52-49-/t62-/m1/s1. The predicted octanol–water partition coefficient (Wildman–Crippen LogP) is 19.0. The summed E-state index contributed by atoms with van der Waals surface area (Å²) in [7, 11) is 0. The van der Waals surface area contributed by atoms with E-state index >= 15 is 0 Å². The Morgan fingerprint density at radius 1 is 0.296 bits per heavy atom. The van der Waals surface area contributed by atoms with Crippen LogP contribution in [-0.4, -0.2) is 37.2 Å². The van der Waals surface area contributed by atoms with Gasteiger partial charge < -0.3 is 14.2 Å². The van der Waals surface area contributed by atoms with E-state index in [9.17, 15) is 14.4 Å². The summed E-state index contributed by atoms with van der Waals surface area (Å²) in [6.07, 6.45) is 83.8. The fourth-order valence-electron chi connectivity index (χ4n) is 6.82. The second-order valence-electron chi connectivity index (χ2n) is 17.7. The number of ether oxygens (including phenoxy) is 3. The van der Waals surface area contributed by atoms with Crippen LogP contribution >= 0.6 is 0 Å². The van der Waals surface area contributed by atoms with E-state index in [1.165, 1.54) is 51.4 Å².